The van der Waals surface area contributed by atoms with Gasteiger partial charge in [0.25, 0.3) is 11.8 Å². The van der Waals surface area contributed by atoms with Crippen molar-refractivity contribution in [2.75, 3.05) is 32.5 Å². The second-order valence-corrected chi connectivity index (χ2v) is 8.18. The summed E-state index contributed by atoms with van der Waals surface area (Å²) >= 11 is 1.25. The van der Waals surface area contributed by atoms with E-state index in [1.165, 1.54) is 11.3 Å². The third-order valence-corrected chi connectivity index (χ3v) is 5.41. The van der Waals surface area contributed by atoms with Crippen LogP contribution in [-0.2, 0) is 6.54 Å². The normalized spacial score (nSPS) is 10.8. The molecule has 1 N–H and O–H groups in total. The van der Waals surface area contributed by atoms with Gasteiger partial charge in [-0.15, -0.1) is 11.3 Å². The Kier molecular flexibility index (Phi) is 7.32. The van der Waals surface area contributed by atoms with E-state index in [2.05, 4.69) is 10.3 Å². The summed E-state index contributed by atoms with van der Waals surface area (Å²) in [5.41, 5.74) is 2.89. The molecule has 0 fully saturated rings. The van der Waals surface area contributed by atoms with Crippen LogP contribution in [0.3, 0.4) is 0 Å². The number of carbonyl (C=O) groups excluding carboxylic acids is 2. The van der Waals surface area contributed by atoms with Gasteiger partial charge in [-0.25, -0.2) is 4.98 Å². The maximum atomic E-state index is 13.1. The van der Waals surface area contributed by atoms with Gasteiger partial charge in [-0.3, -0.25) is 14.9 Å². The number of aryl methyl sites for hydroxylation is 1. The van der Waals surface area contributed by atoms with E-state index in [-0.39, 0.29) is 11.8 Å². The van der Waals surface area contributed by atoms with Crippen LogP contribution in [0, 0.1) is 6.92 Å². The van der Waals surface area contributed by atoms with Crippen LogP contribution in [0.2, 0.25) is 0 Å². The number of hydrogen-bond acceptors (Lipinski definition) is 5. The van der Waals surface area contributed by atoms with E-state index in [0.29, 0.717) is 29.5 Å². The van der Waals surface area contributed by atoms with Gasteiger partial charge in [-0.1, -0.05) is 48.5 Å². The average molecular weight is 423 g/mol. The number of benzene rings is 2. The van der Waals surface area contributed by atoms with Crippen LogP contribution in [-0.4, -0.2) is 53.8 Å². The number of rotatable bonds is 8. The third kappa shape index (κ3) is 5.75. The molecule has 0 aliphatic carbocycles. The van der Waals surface area contributed by atoms with E-state index in [1.54, 1.807) is 16.3 Å². The summed E-state index contributed by atoms with van der Waals surface area (Å²) < 4.78 is 0. The van der Waals surface area contributed by atoms with Crippen molar-refractivity contribution in [2.45, 2.75) is 13.5 Å². The number of thiazole rings is 1. The molecule has 0 radical (unpaired) electrons. The molecule has 7 heteroatoms. The van der Waals surface area contributed by atoms with Gasteiger partial charge in [0.15, 0.2) is 5.13 Å². The van der Waals surface area contributed by atoms with Crippen molar-refractivity contribution in [1.29, 1.82) is 0 Å². The predicted octanol–water partition coefficient (Wildman–Crippen LogP) is 3.91. The summed E-state index contributed by atoms with van der Waals surface area (Å²) in [5, 5.41) is 4.92. The Morgan fingerprint density at radius 3 is 2.40 bits per heavy atom. The van der Waals surface area contributed by atoms with Gasteiger partial charge in [-0.2, -0.15) is 0 Å². The van der Waals surface area contributed by atoms with Crippen LogP contribution in [0.5, 0.6) is 0 Å². The Bertz CT molecular complexity index is 1000. The molecule has 3 rings (SSSR count). The molecule has 0 saturated heterocycles. The molecular weight excluding hydrogens is 396 g/mol. The minimum atomic E-state index is -0.227. The summed E-state index contributed by atoms with van der Waals surface area (Å²) in [6, 6.07) is 17.3. The summed E-state index contributed by atoms with van der Waals surface area (Å²) in [6.45, 7) is 3.73. The lowest BCUT2D eigenvalue weighted by molar-refractivity contribution is 0.0726. The maximum absolute atomic E-state index is 13.1. The second kappa shape index (κ2) is 10.1. The molecule has 2 amide bonds. The molecule has 30 heavy (non-hydrogen) atoms. The molecule has 1 aromatic heterocycles. The van der Waals surface area contributed by atoms with Crippen LogP contribution < -0.4 is 5.32 Å². The van der Waals surface area contributed by atoms with Gasteiger partial charge in [0.05, 0.1) is 0 Å². The van der Waals surface area contributed by atoms with Crippen molar-refractivity contribution < 1.29 is 9.59 Å². The van der Waals surface area contributed by atoms with Crippen LogP contribution in [0.25, 0.3) is 0 Å². The highest BCUT2D eigenvalue weighted by atomic mass is 32.1. The van der Waals surface area contributed by atoms with Crippen LogP contribution in [0.1, 0.15) is 32.0 Å². The van der Waals surface area contributed by atoms with Crippen molar-refractivity contribution in [3.8, 4) is 0 Å². The van der Waals surface area contributed by atoms with Gasteiger partial charge in [0.1, 0.15) is 5.69 Å². The first-order chi connectivity index (χ1) is 14.4. The molecule has 156 valence electrons. The summed E-state index contributed by atoms with van der Waals surface area (Å²) in [5.74, 6) is -0.372. The molecule has 2 aromatic carbocycles. The van der Waals surface area contributed by atoms with Crippen molar-refractivity contribution >= 4 is 28.3 Å². The molecule has 0 aliphatic heterocycles. The summed E-state index contributed by atoms with van der Waals surface area (Å²) in [6.07, 6.45) is 0. The van der Waals surface area contributed by atoms with E-state index in [4.69, 9.17) is 0 Å². The fourth-order valence-corrected chi connectivity index (χ4v) is 3.64. The molecule has 0 unspecified atom stereocenters. The Balaban J connectivity index is 1.72. The number of hydrogen-bond donors (Lipinski definition) is 1. The molecule has 0 aliphatic rings. The lowest BCUT2D eigenvalue weighted by Crippen LogP contribution is -2.36. The van der Waals surface area contributed by atoms with Crippen LogP contribution in [0.15, 0.2) is 60.0 Å². The van der Waals surface area contributed by atoms with Crippen LogP contribution >= 0.6 is 11.3 Å². The number of amides is 2. The SMILES string of the molecule is Cc1ccccc1C(=O)Nc1nc(C(=O)N(CCN(C)C)Cc2ccccc2)cs1. The van der Waals surface area contributed by atoms with Gasteiger partial charge >= 0.3 is 0 Å². The predicted molar refractivity (Wildman–Crippen MR) is 121 cm³/mol. The van der Waals surface area contributed by atoms with Crippen molar-refractivity contribution in [3.05, 3.63) is 82.4 Å². The number of nitrogens with one attached hydrogen (secondary N) is 1. The van der Waals surface area contributed by atoms with Crippen molar-refractivity contribution in [2.24, 2.45) is 0 Å². The van der Waals surface area contributed by atoms with E-state index in [1.807, 2.05) is 74.4 Å². The molecule has 6 nitrogen and oxygen atoms in total. The van der Waals surface area contributed by atoms with E-state index < -0.39 is 0 Å². The molecule has 0 atom stereocenters. The fourth-order valence-electron chi connectivity index (χ4n) is 2.96. The van der Waals surface area contributed by atoms with Crippen molar-refractivity contribution in [3.63, 3.8) is 0 Å². The lowest BCUT2D eigenvalue weighted by Gasteiger charge is -2.24. The van der Waals surface area contributed by atoms with Gasteiger partial charge in [0, 0.05) is 30.6 Å². The molecule has 3 aromatic rings. The highest BCUT2D eigenvalue weighted by molar-refractivity contribution is 7.14. The summed E-state index contributed by atoms with van der Waals surface area (Å²) in [7, 11) is 3.96. The third-order valence-electron chi connectivity index (χ3n) is 4.65. The largest absolute Gasteiger partial charge is 0.332 e. The topological polar surface area (TPSA) is 65.5 Å². The first-order valence-electron chi connectivity index (χ1n) is 9.74. The molecule has 1 heterocycles. The summed E-state index contributed by atoms with van der Waals surface area (Å²) in [4.78, 5) is 33.9. The first kappa shape index (κ1) is 21.7. The average Bonchev–Trinajstić information content (AvgIpc) is 3.20. The highest BCUT2D eigenvalue weighted by Crippen LogP contribution is 2.19. The number of nitrogens with zero attached hydrogens (tertiary/aromatic N) is 3. The van der Waals surface area contributed by atoms with Crippen LogP contribution in [0.4, 0.5) is 5.13 Å². The molecular formula is C23H26N4O2S. The maximum Gasteiger partial charge on any atom is 0.273 e. The second-order valence-electron chi connectivity index (χ2n) is 7.32. The minimum absolute atomic E-state index is 0.145. The van der Waals surface area contributed by atoms with E-state index in [0.717, 1.165) is 17.7 Å². The monoisotopic (exact) mass is 422 g/mol. The van der Waals surface area contributed by atoms with E-state index >= 15 is 0 Å². The van der Waals surface area contributed by atoms with Gasteiger partial charge in [-0.05, 0) is 38.2 Å². The molecule has 0 bridgehead atoms. The zero-order chi connectivity index (χ0) is 21.5. The van der Waals surface area contributed by atoms with E-state index in [9.17, 15) is 9.59 Å². The van der Waals surface area contributed by atoms with Gasteiger partial charge in [0.2, 0.25) is 0 Å². The first-order valence-corrected chi connectivity index (χ1v) is 10.6. The standard InChI is InChI=1S/C23H26N4O2S/c1-17-9-7-8-12-19(17)21(28)25-23-24-20(16-30-23)22(29)27(14-13-26(2)3)15-18-10-5-4-6-11-18/h4-12,16H,13-15H2,1-3H3,(H,24,25,28). The minimum Gasteiger partial charge on any atom is -0.332 e. The van der Waals surface area contributed by atoms with Crippen molar-refractivity contribution in [1.82, 2.24) is 14.8 Å². The molecule has 0 saturated carbocycles. The number of anilines is 1. The number of carbonyl (C=O) groups is 2. The fraction of sp³-hybridized carbons (Fsp3) is 0.261. The Labute approximate surface area is 181 Å². The Hall–Kier alpha value is -3.03. The number of aromatic nitrogens is 1. The highest BCUT2D eigenvalue weighted by Gasteiger charge is 2.20. The molecule has 0 spiro atoms. The zero-order valence-corrected chi connectivity index (χ0v) is 18.3. The smallest absolute Gasteiger partial charge is 0.273 e. The number of likely N-dealkylation sites (N-methyl/N-ethyl adjacent to an activating group) is 1. The Morgan fingerprint density at radius 2 is 1.70 bits per heavy atom. The Morgan fingerprint density at radius 1 is 1.00 bits per heavy atom. The zero-order valence-electron chi connectivity index (χ0n) is 17.5. The lowest BCUT2D eigenvalue weighted by atomic mass is 10.1. The van der Waals surface area contributed by atoms with Gasteiger partial charge < -0.3 is 9.80 Å². The quantitative estimate of drug-likeness (QED) is 0.598.